The first-order valence-electron chi connectivity index (χ1n) is 5.08. The second kappa shape index (κ2) is 5.09. The van der Waals surface area contributed by atoms with Gasteiger partial charge in [0.25, 0.3) is 0 Å². The van der Waals surface area contributed by atoms with Crippen LogP contribution >= 0.6 is 0 Å². The second-order valence-corrected chi connectivity index (χ2v) is 6.30. The SMILES string of the molecule is CS(=O)(=O)CCCNC1CCCC1O. The molecule has 4 nitrogen and oxygen atoms in total. The minimum absolute atomic E-state index is 0.176. The summed E-state index contributed by atoms with van der Waals surface area (Å²) in [6.07, 6.45) is 4.56. The van der Waals surface area contributed by atoms with Gasteiger partial charge in [-0.2, -0.15) is 0 Å². The molecule has 1 aliphatic carbocycles. The van der Waals surface area contributed by atoms with Gasteiger partial charge in [0, 0.05) is 12.3 Å². The van der Waals surface area contributed by atoms with Gasteiger partial charge in [-0.05, 0) is 32.2 Å². The lowest BCUT2D eigenvalue weighted by atomic mass is 10.2. The van der Waals surface area contributed by atoms with Crippen molar-refractivity contribution in [2.75, 3.05) is 18.6 Å². The molecular weight excluding hydrogens is 202 g/mol. The van der Waals surface area contributed by atoms with E-state index in [9.17, 15) is 13.5 Å². The summed E-state index contributed by atoms with van der Waals surface area (Å²) in [5.74, 6) is 0.225. The molecule has 0 spiro atoms. The molecule has 0 saturated heterocycles. The topological polar surface area (TPSA) is 66.4 Å². The van der Waals surface area contributed by atoms with Crippen LogP contribution in [0.1, 0.15) is 25.7 Å². The van der Waals surface area contributed by atoms with Crippen LogP contribution in [0.25, 0.3) is 0 Å². The van der Waals surface area contributed by atoms with E-state index in [1.165, 1.54) is 6.26 Å². The highest BCUT2D eigenvalue weighted by Gasteiger charge is 2.23. The first-order chi connectivity index (χ1) is 6.49. The highest BCUT2D eigenvalue weighted by molar-refractivity contribution is 7.90. The van der Waals surface area contributed by atoms with Gasteiger partial charge < -0.3 is 10.4 Å². The summed E-state index contributed by atoms with van der Waals surface area (Å²) < 4.78 is 21.6. The predicted octanol–water partition coefficient (Wildman–Crippen LogP) is -0.0759. The third kappa shape index (κ3) is 4.39. The lowest BCUT2D eigenvalue weighted by Crippen LogP contribution is -2.36. The molecule has 1 fully saturated rings. The normalized spacial score (nSPS) is 28.1. The molecule has 5 heteroatoms. The molecule has 0 aliphatic heterocycles. The Balaban J connectivity index is 2.09. The van der Waals surface area contributed by atoms with Crippen LogP contribution in [0.3, 0.4) is 0 Å². The Morgan fingerprint density at radius 2 is 2.14 bits per heavy atom. The summed E-state index contributed by atoms with van der Waals surface area (Å²) in [5.41, 5.74) is 0. The molecule has 2 unspecified atom stereocenters. The number of aliphatic hydroxyl groups is 1. The fourth-order valence-electron chi connectivity index (χ4n) is 1.80. The number of rotatable bonds is 5. The Kier molecular flexibility index (Phi) is 4.34. The molecule has 0 aromatic carbocycles. The van der Waals surface area contributed by atoms with Gasteiger partial charge in [-0.15, -0.1) is 0 Å². The Morgan fingerprint density at radius 1 is 1.43 bits per heavy atom. The fourth-order valence-corrected chi connectivity index (χ4v) is 2.47. The van der Waals surface area contributed by atoms with Crippen LogP contribution in [0.4, 0.5) is 0 Å². The molecule has 1 aliphatic rings. The van der Waals surface area contributed by atoms with E-state index in [-0.39, 0.29) is 17.9 Å². The van der Waals surface area contributed by atoms with Crippen LogP contribution in [-0.4, -0.2) is 44.2 Å². The van der Waals surface area contributed by atoms with E-state index in [1.807, 2.05) is 0 Å². The van der Waals surface area contributed by atoms with Crippen molar-refractivity contribution in [1.82, 2.24) is 5.32 Å². The van der Waals surface area contributed by atoms with Gasteiger partial charge in [0.2, 0.25) is 0 Å². The van der Waals surface area contributed by atoms with Crippen LogP contribution < -0.4 is 5.32 Å². The zero-order chi connectivity index (χ0) is 10.6. The lowest BCUT2D eigenvalue weighted by Gasteiger charge is -2.15. The van der Waals surface area contributed by atoms with Crippen molar-refractivity contribution in [3.05, 3.63) is 0 Å². The van der Waals surface area contributed by atoms with E-state index in [2.05, 4.69) is 5.32 Å². The number of hydrogen-bond donors (Lipinski definition) is 2. The number of aliphatic hydroxyl groups excluding tert-OH is 1. The lowest BCUT2D eigenvalue weighted by molar-refractivity contribution is 0.149. The molecule has 0 amide bonds. The van der Waals surface area contributed by atoms with Gasteiger partial charge in [0.1, 0.15) is 9.84 Å². The molecule has 0 heterocycles. The van der Waals surface area contributed by atoms with Crippen molar-refractivity contribution in [1.29, 1.82) is 0 Å². The van der Waals surface area contributed by atoms with Crippen molar-refractivity contribution >= 4 is 9.84 Å². The van der Waals surface area contributed by atoms with Crippen molar-refractivity contribution < 1.29 is 13.5 Å². The van der Waals surface area contributed by atoms with Crippen molar-refractivity contribution in [2.24, 2.45) is 0 Å². The average Bonchev–Trinajstić information content (AvgIpc) is 2.44. The largest absolute Gasteiger partial charge is 0.392 e. The van der Waals surface area contributed by atoms with E-state index >= 15 is 0 Å². The number of nitrogens with one attached hydrogen (secondary N) is 1. The minimum atomic E-state index is -2.84. The van der Waals surface area contributed by atoms with E-state index in [0.717, 1.165) is 19.3 Å². The summed E-state index contributed by atoms with van der Waals surface area (Å²) in [6, 6.07) is 0.176. The first-order valence-corrected chi connectivity index (χ1v) is 7.14. The average molecular weight is 221 g/mol. The predicted molar refractivity (Wildman–Crippen MR) is 56.0 cm³/mol. The van der Waals surface area contributed by atoms with Crippen LogP contribution in [0.2, 0.25) is 0 Å². The van der Waals surface area contributed by atoms with E-state index in [4.69, 9.17) is 0 Å². The molecule has 0 radical (unpaired) electrons. The zero-order valence-electron chi connectivity index (χ0n) is 8.57. The maximum atomic E-state index is 10.8. The minimum Gasteiger partial charge on any atom is -0.392 e. The Hall–Kier alpha value is -0.130. The summed E-state index contributed by atoms with van der Waals surface area (Å²) in [7, 11) is -2.84. The van der Waals surface area contributed by atoms with E-state index in [0.29, 0.717) is 13.0 Å². The standard InChI is InChI=1S/C9H19NO3S/c1-14(12,13)7-3-6-10-8-4-2-5-9(8)11/h8-11H,2-7H2,1H3. The first kappa shape index (κ1) is 11.9. The van der Waals surface area contributed by atoms with Crippen LogP contribution in [0.15, 0.2) is 0 Å². The molecule has 84 valence electrons. The Labute approximate surface area is 85.6 Å². The highest BCUT2D eigenvalue weighted by atomic mass is 32.2. The highest BCUT2D eigenvalue weighted by Crippen LogP contribution is 2.18. The van der Waals surface area contributed by atoms with Crippen molar-refractivity contribution in [3.63, 3.8) is 0 Å². The molecule has 2 atom stereocenters. The van der Waals surface area contributed by atoms with Gasteiger partial charge in [0.05, 0.1) is 11.9 Å². The van der Waals surface area contributed by atoms with Gasteiger partial charge in [-0.1, -0.05) is 0 Å². The summed E-state index contributed by atoms with van der Waals surface area (Å²) in [4.78, 5) is 0. The van der Waals surface area contributed by atoms with E-state index in [1.54, 1.807) is 0 Å². The fraction of sp³-hybridized carbons (Fsp3) is 1.00. The monoisotopic (exact) mass is 221 g/mol. The number of hydrogen-bond acceptors (Lipinski definition) is 4. The molecule has 1 saturated carbocycles. The van der Waals surface area contributed by atoms with Gasteiger partial charge in [-0.25, -0.2) is 8.42 Å². The van der Waals surface area contributed by atoms with Crippen molar-refractivity contribution in [3.8, 4) is 0 Å². The van der Waals surface area contributed by atoms with Crippen LogP contribution in [-0.2, 0) is 9.84 Å². The van der Waals surface area contributed by atoms with Crippen molar-refractivity contribution in [2.45, 2.75) is 37.8 Å². The molecule has 0 bridgehead atoms. The summed E-state index contributed by atoms with van der Waals surface area (Å²) in [5, 5.41) is 12.7. The van der Waals surface area contributed by atoms with Crippen LogP contribution in [0, 0.1) is 0 Å². The zero-order valence-corrected chi connectivity index (χ0v) is 9.39. The summed E-state index contributed by atoms with van der Waals surface area (Å²) >= 11 is 0. The molecule has 0 aromatic rings. The Morgan fingerprint density at radius 3 is 2.64 bits per heavy atom. The quantitative estimate of drug-likeness (QED) is 0.638. The molecule has 2 N–H and O–H groups in total. The smallest absolute Gasteiger partial charge is 0.147 e. The Bertz CT molecular complexity index is 263. The molecule has 1 rings (SSSR count). The number of sulfone groups is 1. The maximum absolute atomic E-state index is 10.8. The van der Waals surface area contributed by atoms with E-state index < -0.39 is 9.84 Å². The van der Waals surface area contributed by atoms with Gasteiger partial charge in [0.15, 0.2) is 0 Å². The molecule has 14 heavy (non-hydrogen) atoms. The third-order valence-electron chi connectivity index (χ3n) is 2.58. The van der Waals surface area contributed by atoms with Gasteiger partial charge >= 0.3 is 0 Å². The molecular formula is C9H19NO3S. The summed E-state index contributed by atoms with van der Waals surface area (Å²) in [6.45, 7) is 0.675. The maximum Gasteiger partial charge on any atom is 0.147 e. The third-order valence-corrected chi connectivity index (χ3v) is 3.61. The molecule has 0 aromatic heterocycles. The van der Waals surface area contributed by atoms with Gasteiger partial charge in [-0.3, -0.25) is 0 Å². The second-order valence-electron chi connectivity index (χ2n) is 4.04. The van der Waals surface area contributed by atoms with Crippen LogP contribution in [0.5, 0.6) is 0 Å².